The van der Waals surface area contributed by atoms with Crippen LogP contribution >= 0.6 is 0 Å². The van der Waals surface area contributed by atoms with Gasteiger partial charge in [0.15, 0.2) is 5.78 Å². The van der Waals surface area contributed by atoms with Crippen LogP contribution in [0.2, 0.25) is 0 Å². The van der Waals surface area contributed by atoms with Gasteiger partial charge in [0.25, 0.3) is 0 Å². The van der Waals surface area contributed by atoms with Crippen molar-refractivity contribution < 1.29 is 19.4 Å². The number of hydrogen-bond acceptors (Lipinski definition) is 4. The van der Waals surface area contributed by atoms with E-state index in [0.29, 0.717) is 13.0 Å². The van der Waals surface area contributed by atoms with Crippen LogP contribution in [-0.4, -0.2) is 46.2 Å². The van der Waals surface area contributed by atoms with Crippen molar-refractivity contribution in [3.05, 3.63) is 0 Å². The normalized spacial score (nSPS) is 25.5. The van der Waals surface area contributed by atoms with Gasteiger partial charge in [0.2, 0.25) is 0 Å². The summed E-state index contributed by atoms with van der Waals surface area (Å²) in [5.41, 5.74) is -1.99. The van der Waals surface area contributed by atoms with E-state index in [1.807, 2.05) is 0 Å². The van der Waals surface area contributed by atoms with E-state index in [1.54, 1.807) is 20.8 Å². The number of ketones is 1. The number of hydrogen-bond donors (Lipinski definition) is 1. The first kappa shape index (κ1) is 15.0. The molecule has 0 aliphatic carbocycles. The Morgan fingerprint density at radius 2 is 1.89 bits per heavy atom. The first-order chi connectivity index (χ1) is 8.14. The number of rotatable bonds is 1. The molecule has 1 aliphatic heterocycles. The summed E-state index contributed by atoms with van der Waals surface area (Å²) in [6.07, 6.45) is 1.44. The molecule has 0 saturated carbocycles. The zero-order valence-electron chi connectivity index (χ0n) is 11.7. The van der Waals surface area contributed by atoms with Gasteiger partial charge in [0, 0.05) is 6.54 Å². The topological polar surface area (TPSA) is 66.8 Å². The smallest absolute Gasteiger partial charge is 0.410 e. The van der Waals surface area contributed by atoms with Crippen LogP contribution in [0.15, 0.2) is 0 Å². The fraction of sp³-hybridized carbons (Fsp3) is 0.846. The number of amides is 1. The van der Waals surface area contributed by atoms with E-state index >= 15 is 0 Å². The number of carbonyl (C=O) groups excluding carboxylic acids is 2. The maximum Gasteiger partial charge on any atom is 0.410 e. The lowest BCUT2D eigenvalue weighted by molar-refractivity contribution is -0.136. The molecule has 1 fully saturated rings. The molecule has 1 amide bonds. The predicted octanol–water partition coefficient (Wildman–Crippen LogP) is 1.73. The van der Waals surface area contributed by atoms with Crippen LogP contribution in [0.1, 0.15) is 47.0 Å². The van der Waals surface area contributed by atoms with Crippen LogP contribution in [-0.2, 0) is 9.53 Å². The van der Waals surface area contributed by atoms with Crippen molar-refractivity contribution >= 4 is 11.9 Å². The second-order valence-corrected chi connectivity index (χ2v) is 5.95. The molecule has 1 aliphatic rings. The van der Waals surface area contributed by atoms with Crippen molar-refractivity contribution in [3.8, 4) is 0 Å². The highest BCUT2D eigenvalue weighted by Crippen LogP contribution is 2.23. The zero-order chi connectivity index (χ0) is 14.0. The molecule has 0 aromatic rings. The molecule has 1 rings (SSSR count). The first-order valence-electron chi connectivity index (χ1n) is 6.35. The molecule has 1 heterocycles. The fourth-order valence-electron chi connectivity index (χ4n) is 1.96. The average molecular weight is 257 g/mol. The van der Waals surface area contributed by atoms with Gasteiger partial charge in [-0.3, -0.25) is 4.79 Å². The molecule has 104 valence electrons. The summed E-state index contributed by atoms with van der Waals surface area (Å²) >= 11 is 0. The quantitative estimate of drug-likeness (QED) is 0.776. The van der Waals surface area contributed by atoms with Gasteiger partial charge in [-0.1, -0.05) is 0 Å². The Balaban J connectivity index is 2.76. The maximum absolute atomic E-state index is 12.0. The summed E-state index contributed by atoms with van der Waals surface area (Å²) in [5.74, 6) is -0.294. The van der Waals surface area contributed by atoms with Gasteiger partial charge >= 0.3 is 6.09 Å². The molecular formula is C13H23NO4. The van der Waals surface area contributed by atoms with Gasteiger partial charge in [0.1, 0.15) is 11.2 Å². The number of Topliss-reactive ketones (excluding diaryl/α,β-unsaturated/α-hetero) is 1. The Morgan fingerprint density at radius 1 is 1.28 bits per heavy atom. The minimum Gasteiger partial charge on any atom is -0.444 e. The van der Waals surface area contributed by atoms with E-state index in [2.05, 4.69) is 0 Å². The SMILES string of the molecule is CC(=O)C1(O)CCCCN(C(=O)OC(C)(C)C)C1. The molecule has 0 aromatic heterocycles. The van der Waals surface area contributed by atoms with Crippen LogP contribution in [0, 0.1) is 0 Å². The lowest BCUT2D eigenvalue weighted by Crippen LogP contribution is -2.49. The lowest BCUT2D eigenvalue weighted by Gasteiger charge is -2.31. The average Bonchev–Trinajstić information content (AvgIpc) is 2.38. The highest BCUT2D eigenvalue weighted by molar-refractivity contribution is 5.85. The second kappa shape index (κ2) is 5.26. The molecule has 18 heavy (non-hydrogen) atoms. The Kier molecular flexibility index (Phi) is 4.37. The second-order valence-electron chi connectivity index (χ2n) is 5.95. The van der Waals surface area contributed by atoms with Crippen molar-refractivity contribution in [1.82, 2.24) is 4.90 Å². The van der Waals surface area contributed by atoms with Crippen LogP contribution in [0.4, 0.5) is 4.79 Å². The van der Waals surface area contributed by atoms with Gasteiger partial charge in [-0.05, 0) is 47.0 Å². The molecule has 0 aromatic carbocycles. The number of ether oxygens (including phenoxy) is 1. The summed E-state index contributed by atoms with van der Waals surface area (Å²) in [6, 6.07) is 0. The molecule has 0 radical (unpaired) electrons. The Bertz CT molecular complexity index is 334. The number of aliphatic hydroxyl groups is 1. The summed E-state index contributed by atoms with van der Waals surface area (Å²) in [4.78, 5) is 24.9. The highest BCUT2D eigenvalue weighted by Gasteiger charge is 2.38. The molecule has 1 N–H and O–H groups in total. The van der Waals surface area contributed by atoms with Gasteiger partial charge in [-0.25, -0.2) is 4.79 Å². The lowest BCUT2D eigenvalue weighted by atomic mass is 9.94. The maximum atomic E-state index is 12.0. The minimum atomic E-state index is -1.42. The summed E-state index contributed by atoms with van der Waals surface area (Å²) in [7, 11) is 0. The van der Waals surface area contributed by atoms with E-state index in [9.17, 15) is 14.7 Å². The molecule has 1 unspecified atom stereocenters. The van der Waals surface area contributed by atoms with Crippen LogP contribution in [0.3, 0.4) is 0 Å². The van der Waals surface area contributed by atoms with Crippen LogP contribution in [0.5, 0.6) is 0 Å². The molecule has 5 nitrogen and oxygen atoms in total. The third-order valence-corrected chi connectivity index (χ3v) is 3.03. The third kappa shape index (κ3) is 3.98. The molecular weight excluding hydrogens is 234 g/mol. The molecule has 0 bridgehead atoms. The van der Waals surface area contributed by atoms with Crippen molar-refractivity contribution in [3.63, 3.8) is 0 Å². The zero-order valence-corrected chi connectivity index (χ0v) is 11.7. The highest BCUT2D eigenvalue weighted by atomic mass is 16.6. The van der Waals surface area contributed by atoms with Gasteiger partial charge in [0.05, 0.1) is 6.54 Å². The van der Waals surface area contributed by atoms with Crippen molar-refractivity contribution in [2.24, 2.45) is 0 Å². The van der Waals surface area contributed by atoms with Crippen LogP contribution < -0.4 is 0 Å². The van der Waals surface area contributed by atoms with Crippen LogP contribution in [0.25, 0.3) is 0 Å². The first-order valence-corrected chi connectivity index (χ1v) is 6.35. The number of carbonyl (C=O) groups is 2. The summed E-state index contributed by atoms with van der Waals surface area (Å²) < 4.78 is 5.27. The van der Waals surface area contributed by atoms with E-state index in [-0.39, 0.29) is 12.3 Å². The van der Waals surface area contributed by atoms with Gasteiger partial charge in [-0.2, -0.15) is 0 Å². The summed E-state index contributed by atoms with van der Waals surface area (Å²) in [5, 5.41) is 10.2. The van der Waals surface area contributed by atoms with Gasteiger partial charge < -0.3 is 14.7 Å². The third-order valence-electron chi connectivity index (χ3n) is 3.03. The molecule has 0 spiro atoms. The number of β-amino-alcohol motifs (C(OH)–C–C–N with tert-alkyl or cyclic N) is 1. The van der Waals surface area contributed by atoms with E-state index < -0.39 is 17.3 Å². The molecule has 1 saturated heterocycles. The standard InChI is InChI=1S/C13H23NO4/c1-10(15)13(17)7-5-6-8-14(9-13)11(16)18-12(2,3)4/h17H,5-9H2,1-4H3. The Hall–Kier alpha value is -1.10. The van der Waals surface area contributed by atoms with Gasteiger partial charge in [-0.15, -0.1) is 0 Å². The summed E-state index contributed by atoms with van der Waals surface area (Å²) in [6.45, 7) is 7.28. The van der Waals surface area contributed by atoms with E-state index in [4.69, 9.17) is 4.74 Å². The monoisotopic (exact) mass is 257 g/mol. The Morgan fingerprint density at radius 3 is 2.39 bits per heavy atom. The fourth-order valence-corrected chi connectivity index (χ4v) is 1.96. The number of likely N-dealkylation sites (tertiary alicyclic amines) is 1. The molecule has 5 heteroatoms. The predicted molar refractivity (Wildman–Crippen MR) is 67.3 cm³/mol. The van der Waals surface area contributed by atoms with E-state index in [1.165, 1.54) is 11.8 Å². The molecule has 1 atom stereocenters. The van der Waals surface area contributed by atoms with Crippen molar-refractivity contribution in [1.29, 1.82) is 0 Å². The largest absolute Gasteiger partial charge is 0.444 e. The van der Waals surface area contributed by atoms with Crippen molar-refractivity contribution in [2.45, 2.75) is 58.2 Å². The van der Waals surface area contributed by atoms with E-state index in [0.717, 1.165) is 12.8 Å². The number of nitrogens with zero attached hydrogens (tertiary/aromatic N) is 1. The Labute approximate surface area is 108 Å². The van der Waals surface area contributed by atoms with Crippen molar-refractivity contribution in [2.75, 3.05) is 13.1 Å². The minimum absolute atomic E-state index is 0.0250.